The van der Waals surface area contributed by atoms with Crippen molar-refractivity contribution in [2.45, 2.75) is 32.7 Å². The summed E-state index contributed by atoms with van der Waals surface area (Å²) in [5, 5.41) is 2.96. The summed E-state index contributed by atoms with van der Waals surface area (Å²) in [5.41, 5.74) is 0. The highest BCUT2D eigenvalue weighted by Gasteiger charge is 2.21. The van der Waals surface area contributed by atoms with Crippen molar-refractivity contribution in [1.29, 1.82) is 0 Å². The van der Waals surface area contributed by atoms with E-state index in [1.807, 2.05) is 30.3 Å². The van der Waals surface area contributed by atoms with E-state index < -0.39 is 0 Å². The SMILES string of the molecule is C[C@H]1CCCN([C@H](C)CNC(=O)COCCOc2ccccc2)C1. The zero-order valence-corrected chi connectivity index (χ0v) is 14.9. The van der Waals surface area contributed by atoms with Crippen LogP contribution >= 0.6 is 0 Å². The highest BCUT2D eigenvalue weighted by molar-refractivity contribution is 5.77. The van der Waals surface area contributed by atoms with Crippen molar-refractivity contribution in [2.75, 3.05) is 39.5 Å². The molecular weight excluding hydrogens is 304 g/mol. The topological polar surface area (TPSA) is 50.8 Å². The van der Waals surface area contributed by atoms with E-state index >= 15 is 0 Å². The first kappa shape index (κ1) is 18.7. The molecule has 0 bridgehead atoms. The Morgan fingerprint density at radius 3 is 2.88 bits per heavy atom. The van der Waals surface area contributed by atoms with Gasteiger partial charge in [-0.1, -0.05) is 25.1 Å². The molecule has 134 valence electrons. The third-order valence-corrected chi connectivity index (χ3v) is 4.38. The number of likely N-dealkylation sites (tertiary alicyclic amines) is 1. The molecule has 5 heteroatoms. The van der Waals surface area contributed by atoms with Crippen LogP contribution in [0.15, 0.2) is 30.3 Å². The highest BCUT2D eigenvalue weighted by Crippen LogP contribution is 2.17. The number of carbonyl (C=O) groups excluding carboxylic acids is 1. The molecule has 0 aromatic heterocycles. The monoisotopic (exact) mass is 334 g/mol. The van der Waals surface area contributed by atoms with Gasteiger partial charge in [-0.2, -0.15) is 0 Å². The van der Waals surface area contributed by atoms with Crippen molar-refractivity contribution in [1.82, 2.24) is 10.2 Å². The number of hydrogen-bond acceptors (Lipinski definition) is 4. The fourth-order valence-electron chi connectivity index (χ4n) is 2.97. The Hall–Kier alpha value is -1.59. The first-order valence-corrected chi connectivity index (χ1v) is 8.91. The Kier molecular flexibility index (Phi) is 8.05. The second-order valence-electron chi connectivity index (χ2n) is 6.61. The van der Waals surface area contributed by atoms with Crippen LogP contribution in [-0.2, 0) is 9.53 Å². The Bertz CT molecular complexity index is 481. The summed E-state index contributed by atoms with van der Waals surface area (Å²) < 4.78 is 10.9. The highest BCUT2D eigenvalue weighted by atomic mass is 16.5. The molecule has 24 heavy (non-hydrogen) atoms. The summed E-state index contributed by atoms with van der Waals surface area (Å²) in [4.78, 5) is 14.3. The largest absolute Gasteiger partial charge is 0.491 e. The summed E-state index contributed by atoms with van der Waals surface area (Å²) >= 11 is 0. The molecule has 1 amide bonds. The van der Waals surface area contributed by atoms with Crippen molar-refractivity contribution in [3.05, 3.63) is 30.3 Å². The molecule has 2 rings (SSSR count). The van der Waals surface area contributed by atoms with Crippen LogP contribution in [0.4, 0.5) is 0 Å². The number of piperidine rings is 1. The van der Waals surface area contributed by atoms with Crippen molar-refractivity contribution in [3.8, 4) is 5.75 Å². The number of ether oxygens (including phenoxy) is 2. The second kappa shape index (κ2) is 10.3. The number of nitrogens with zero attached hydrogens (tertiary/aromatic N) is 1. The van der Waals surface area contributed by atoms with Crippen LogP contribution in [0.2, 0.25) is 0 Å². The molecule has 1 heterocycles. The van der Waals surface area contributed by atoms with E-state index in [1.165, 1.54) is 12.8 Å². The van der Waals surface area contributed by atoms with Gasteiger partial charge in [-0.15, -0.1) is 0 Å². The lowest BCUT2D eigenvalue weighted by Gasteiger charge is -2.35. The van der Waals surface area contributed by atoms with Gasteiger partial charge in [0.2, 0.25) is 5.91 Å². The number of amides is 1. The lowest BCUT2D eigenvalue weighted by Crippen LogP contribution is -2.46. The van der Waals surface area contributed by atoms with E-state index in [2.05, 4.69) is 24.1 Å². The van der Waals surface area contributed by atoms with Crippen LogP contribution in [-0.4, -0.2) is 56.3 Å². The third kappa shape index (κ3) is 6.89. The molecule has 0 radical (unpaired) electrons. The molecule has 1 aliphatic rings. The molecule has 1 fully saturated rings. The second-order valence-corrected chi connectivity index (χ2v) is 6.61. The van der Waals surface area contributed by atoms with E-state index in [-0.39, 0.29) is 12.5 Å². The molecule has 0 unspecified atom stereocenters. The van der Waals surface area contributed by atoms with E-state index in [0.717, 1.165) is 24.8 Å². The molecule has 0 spiro atoms. The maximum Gasteiger partial charge on any atom is 0.246 e. The summed E-state index contributed by atoms with van der Waals surface area (Å²) in [6, 6.07) is 9.96. The van der Waals surface area contributed by atoms with Crippen LogP contribution in [0.25, 0.3) is 0 Å². The molecule has 1 saturated heterocycles. The number of benzene rings is 1. The number of nitrogens with one attached hydrogen (secondary N) is 1. The van der Waals surface area contributed by atoms with Gasteiger partial charge in [0.1, 0.15) is 19.0 Å². The van der Waals surface area contributed by atoms with Crippen molar-refractivity contribution >= 4 is 5.91 Å². The first-order valence-electron chi connectivity index (χ1n) is 8.91. The van der Waals surface area contributed by atoms with E-state index in [4.69, 9.17) is 9.47 Å². The van der Waals surface area contributed by atoms with Gasteiger partial charge in [0, 0.05) is 19.1 Å². The van der Waals surface area contributed by atoms with Gasteiger partial charge < -0.3 is 14.8 Å². The molecule has 0 saturated carbocycles. The number of carbonyl (C=O) groups is 1. The van der Waals surface area contributed by atoms with Crippen LogP contribution in [0.1, 0.15) is 26.7 Å². The molecule has 1 aliphatic heterocycles. The lowest BCUT2D eigenvalue weighted by atomic mass is 9.99. The maximum atomic E-state index is 11.8. The van der Waals surface area contributed by atoms with E-state index in [1.54, 1.807) is 0 Å². The Morgan fingerprint density at radius 2 is 2.12 bits per heavy atom. The smallest absolute Gasteiger partial charge is 0.246 e. The molecule has 1 aromatic rings. The Balaban J connectivity index is 1.51. The molecule has 1 aromatic carbocycles. The Labute approximate surface area is 145 Å². The average molecular weight is 334 g/mol. The fourth-order valence-corrected chi connectivity index (χ4v) is 2.97. The number of hydrogen-bond donors (Lipinski definition) is 1. The molecule has 5 nitrogen and oxygen atoms in total. The van der Waals surface area contributed by atoms with Gasteiger partial charge in [-0.05, 0) is 44.4 Å². The van der Waals surface area contributed by atoms with Crippen LogP contribution in [0.3, 0.4) is 0 Å². The van der Waals surface area contributed by atoms with Gasteiger partial charge in [-0.25, -0.2) is 0 Å². The van der Waals surface area contributed by atoms with Crippen LogP contribution < -0.4 is 10.1 Å². The quantitative estimate of drug-likeness (QED) is 0.704. The maximum absolute atomic E-state index is 11.8. The molecule has 0 aliphatic carbocycles. The normalized spacial score (nSPS) is 19.7. The first-order chi connectivity index (χ1) is 11.6. The van der Waals surface area contributed by atoms with Crippen LogP contribution in [0, 0.1) is 5.92 Å². The fraction of sp³-hybridized carbons (Fsp3) is 0.632. The minimum Gasteiger partial charge on any atom is -0.491 e. The van der Waals surface area contributed by atoms with Crippen molar-refractivity contribution in [3.63, 3.8) is 0 Å². The zero-order valence-electron chi connectivity index (χ0n) is 14.9. The Morgan fingerprint density at radius 1 is 1.33 bits per heavy atom. The minimum absolute atomic E-state index is 0.0633. The molecule has 2 atom stereocenters. The van der Waals surface area contributed by atoms with Crippen LogP contribution in [0.5, 0.6) is 5.75 Å². The zero-order chi connectivity index (χ0) is 17.2. The minimum atomic E-state index is -0.0633. The third-order valence-electron chi connectivity index (χ3n) is 4.38. The summed E-state index contributed by atoms with van der Waals surface area (Å²) in [5.74, 6) is 1.51. The number of rotatable bonds is 9. The van der Waals surface area contributed by atoms with Gasteiger partial charge >= 0.3 is 0 Å². The van der Waals surface area contributed by atoms with Gasteiger partial charge in [0.05, 0.1) is 6.61 Å². The molecule has 1 N–H and O–H groups in total. The summed E-state index contributed by atoms with van der Waals surface area (Å²) in [6.07, 6.45) is 2.57. The molecular formula is C19H30N2O3. The summed E-state index contributed by atoms with van der Waals surface area (Å²) in [6.45, 7) is 8.34. The van der Waals surface area contributed by atoms with E-state index in [9.17, 15) is 4.79 Å². The number of para-hydroxylation sites is 1. The van der Waals surface area contributed by atoms with Gasteiger partial charge in [0.25, 0.3) is 0 Å². The summed E-state index contributed by atoms with van der Waals surface area (Å²) in [7, 11) is 0. The standard InChI is InChI=1S/C19H30N2O3/c1-16-7-6-10-21(14-16)17(2)13-20-19(22)15-23-11-12-24-18-8-4-3-5-9-18/h3-5,8-9,16-17H,6-7,10-15H2,1-2H3,(H,20,22)/t16-,17+/m0/s1. The average Bonchev–Trinajstić information content (AvgIpc) is 2.60. The van der Waals surface area contributed by atoms with E-state index in [0.29, 0.717) is 25.8 Å². The van der Waals surface area contributed by atoms with Gasteiger partial charge in [-0.3, -0.25) is 9.69 Å². The van der Waals surface area contributed by atoms with Gasteiger partial charge in [0.15, 0.2) is 0 Å². The predicted molar refractivity (Wildman–Crippen MR) is 95.2 cm³/mol. The predicted octanol–water partition coefficient (Wildman–Crippen LogP) is 2.32. The van der Waals surface area contributed by atoms with Crippen molar-refractivity contribution < 1.29 is 14.3 Å². The van der Waals surface area contributed by atoms with Crippen molar-refractivity contribution in [2.24, 2.45) is 5.92 Å². The lowest BCUT2D eigenvalue weighted by molar-refractivity contribution is -0.126.